The number of halogens is 2. The van der Waals surface area contributed by atoms with E-state index in [4.69, 9.17) is 11.6 Å². The molecule has 2 rings (SSSR count). The first-order valence-electron chi connectivity index (χ1n) is 4.96. The van der Waals surface area contributed by atoms with Crippen molar-refractivity contribution in [3.63, 3.8) is 0 Å². The second kappa shape index (κ2) is 4.62. The summed E-state index contributed by atoms with van der Waals surface area (Å²) in [7, 11) is 1.80. The Bertz CT molecular complexity index is 566. The first kappa shape index (κ1) is 12.3. The van der Waals surface area contributed by atoms with Crippen LogP contribution in [0.1, 0.15) is 11.4 Å². The number of aryl methyl sites for hydroxylation is 1. The highest BCUT2D eigenvalue weighted by Gasteiger charge is 2.16. The topological polar surface area (TPSA) is 55.6 Å². The Hall–Kier alpha value is -1.14. The van der Waals surface area contributed by atoms with Crippen LogP contribution in [0.2, 0.25) is 5.02 Å². The van der Waals surface area contributed by atoms with Gasteiger partial charge in [0.1, 0.15) is 16.6 Å². The SMILES string of the molecule is CNc1ncnc(-n2nc(C)c(Cl)c2C)c1Br. The number of aromatic nitrogens is 4. The van der Waals surface area contributed by atoms with Crippen molar-refractivity contribution in [2.45, 2.75) is 13.8 Å². The van der Waals surface area contributed by atoms with Gasteiger partial charge in [0.25, 0.3) is 0 Å². The Morgan fingerprint density at radius 3 is 2.59 bits per heavy atom. The van der Waals surface area contributed by atoms with Crippen molar-refractivity contribution in [2.24, 2.45) is 0 Å². The third-order valence-corrected chi connectivity index (χ3v) is 3.69. The molecule has 0 radical (unpaired) electrons. The molecule has 0 saturated heterocycles. The molecule has 0 fully saturated rings. The molecule has 7 heteroatoms. The van der Waals surface area contributed by atoms with E-state index in [9.17, 15) is 0 Å². The van der Waals surface area contributed by atoms with Gasteiger partial charge in [0, 0.05) is 7.05 Å². The Morgan fingerprint density at radius 1 is 1.35 bits per heavy atom. The van der Waals surface area contributed by atoms with Gasteiger partial charge in [-0.2, -0.15) is 5.10 Å². The number of rotatable bonds is 2. The van der Waals surface area contributed by atoms with Crippen LogP contribution in [0.15, 0.2) is 10.8 Å². The van der Waals surface area contributed by atoms with Gasteiger partial charge in [-0.15, -0.1) is 0 Å². The van der Waals surface area contributed by atoms with Crippen LogP contribution < -0.4 is 5.32 Å². The van der Waals surface area contributed by atoms with Crippen LogP contribution in [0, 0.1) is 13.8 Å². The maximum absolute atomic E-state index is 6.12. The number of anilines is 1. The number of nitrogens with zero attached hydrogens (tertiary/aromatic N) is 4. The summed E-state index contributed by atoms with van der Waals surface area (Å²) >= 11 is 9.57. The third kappa shape index (κ3) is 2.02. The van der Waals surface area contributed by atoms with Gasteiger partial charge >= 0.3 is 0 Å². The van der Waals surface area contributed by atoms with Crippen LogP contribution in [0.4, 0.5) is 5.82 Å². The van der Waals surface area contributed by atoms with Crippen LogP contribution in [0.5, 0.6) is 0 Å². The highest BCUT2D eigenvalue weighted by molar-refractivity contribution is 9.10. The Morgan fingerprint density at radius 2 is 2.06 bits per heavy atom. The molecule has 17 heavy (non-hydrogen) atoms. The van der Waals surface area contributed by atoms with Crippen LogP contribution >= 0.6 is 27.5 Å². The van der Waals surface area contributed by atoms with Crippen LogP contribution in [-0.4, -0.2) is 26.8 Å². The fourth-order valence-corrected chi connectivity index (χ4v) is 2.20. The molecule has 0 saturated carbocycles. The molecule has 2 aromatic rings. The van der Waals surface area contributed by atoms with E-state index in [1.54, 1.807) is 11.7 Å². The lowest BCUT2D eigenvalue weighted by molar-refractivity contribution is 0.796. The number of nitrogens with one attached hydrogen (secondary N) is 1. The zero-order valence-electron chi connectivity index (χ0n) is 9.62. The van der Waals surface area contributed by atoms with E-state index in [0.29, 0.717) is 16.7 Å². The maximum Gasteiger partial charge on any atom is 0.173 e. The first-order chi connectivity index (χ1) is 8.06. The minimum absolute atomic E-state index is 0.654. The van der Waals surface area contributed by atoms with Gasteiger partial charge < -0.3 is 5.32 Å². The van der Waals surface area contributed by atoms with E-state index in [0.717, 1.165) is 15.9 Å². The van der Waals surface area contributed by atoms with Gasteiger partial charge in [-0.25, -0.2) is 14.6 Å². The van der Waals surface area contributed by atoms with E-state index in [2.05, 4.69) is 36.3 Å². The standard InChI is InChI=1S/C10H11BrClN5/c1-5-8(12)6(2)17(16-5)10-7(11)9(13-3)14-4-15-10/h4H,1-3H3,(H,13,14,15). The molecule has 0 aliphatic carbocycles. The summed E-state index contributed by atoms with van der Waals surface area (Å²) in [6, 6.07) is 0. The van der Waals surface area contributed by atoms with Crippen LogP contribution in [-0.2, 0) is 0 Å². The molecular formula is C10H11BrClN5. The lowest BCUT2D eigenvalue weighted by atomic mass is 10.4. The van der Waals surface area contributed by atoms with Crippen molar-refractivity contribution in [3.8, 4) is 5.82 Å². The molecule has 0 spiro atoms. The molecule has 0 aliphatic rings. The molecule has 5 nitrogen and oxygen atoms in total. The van der Waals surface area contributed by atoms with Crippen molar-refractivity contribution in [1.29, 1.82) is 0 Å². The summed E-state index contributed by atoms with van der Waals surface area (Å²) in [5.74, 6) is 1.37. The minimum Gasteiger partial charge on any atom is -0.372 e. The summed E-state index contributed by atoms with van der Waals surface area (Å²) in [5.41, 5.74) is 1.63. The molecule has 2 aromatic heterocycles. The second-order valence-corrected chi connectivity index (χ2v) is 4.68. The average molecular weight is 317 g/mol. The minimum atomic E-state index is 0.654. The predicted molar refractivity (Wildman–Crippen MR) is 70.9 cm³/mol. The summed E-state index contributed by atoms with van der Waals surface area (Å²) in [4.78, 5) is 8.31. The monoisotopic (exact) mass is 315 g/mol. The van der Waals surface area contributed by atoms with Gasteiger partial charge in [0.2, 0.25) is 0 Å². The van der Waals surface area contributed by atoms with Crippen molar-refractivity contribution < 1.29 is 0 Å². The molecule has 90 valence electrons. The smallest absolute Gasteiger partial charge is 0.173 e. The van der Waals surface area contributed by atoms with Crippen molar-refractivity contribution in [2.75, 3.05) is 12.4 Å². The molecule has 0 unspecified atom stereocenters. The molecule has 0 aliphatic heterocycles. The Kier molecular flexibility index (Phi) is 3.35. The highest BCUT2D eigenvalue weighted by Crippen LogP contribution is 2.28. The Labute approximate surface area is 112 Å². The number of hydrogen-bond donors (Lipinski definition) is 1. The average Bonchev–Trinajstić information content (AvgIpc) is 2.57. The van der Waals surface area contributed by atoms with E-state index in [1.165, 1.54) is 6.33 Å². The molecule has 0 atom stereocenters. The quantitative estimate of drug-likeness (QED) is 0.925. The molecule has 0 amide bonds. The normalized spacial score (nSPS) is 10.6. The largest absolute Gasteiger partial charge is 0.372 e. The van der Waals surface area contributed by atoms with Crippen LogP contribution in [0.25, 0.3) is 5.82 Å². The number of hydrogen-bond acceptors (Lipinski definition) is 4. The Balaban J connectivity index is 2.64. The fourth-order valence-electron chi connectivity index (χ4n) is 1.51. The second-order valence-electron chi connectivity index (χ2n) is 3.51. The van der Waals surface area contributed by atoms with E-state index in [1.807, 2.05) is 13.8 Å². The molecular weight excluding hydrogens is 306 g/mol. The maximum atomic E-state index is 6.12. The lowest BCUT2D eigenvalue weighted by Gasteiger charge is -2.08. The summed E-state index contributed by atoms with van der Waals surface area (Å²) < 4.78 is 2.45. The van der Waals surface area contributed by atoms with E-state index < -0.39 is 0 Å². The predicted octanol–water partition coefficient (Wildman–Crippen LogP) is 2.74. The van der Waals surface area contributed by atoms with Gasteiger partial charge in [0.15, 0.2) is 5.82 Å². The summed E-state index contributed by atoms with van der Waals surface area (Å²) in [5, 5.41) is 7.98. The molecule has 0 aromatic carbocycles. The molecule has 0 bridgehead atoms. The van der Waals surface area contributed by atoms with Crippen molar-refractivity contribution in [3.05, 3.63) is 27.2 Å². The van der Waals surface area contributed by atoms with Gasteiger partial charge in [-0.3, -0.25) is 0 Å². The van der Waals surface area contributed by atoms with Crippen molar-refractivity contribution >= 4 is 33.3 Å². The fraction of sp³-hybridized carbons (Fsp3) is 0.300. The summed E-state index contributed by atoms with van der Waals surface area (Å²) in [6.07, 6.45) is 1.48. The van der Waals surface area contributed by atoms with Gasteiger partial charge in [-0.1, -0.05) is 11.6 Å². The van der Waals surface area contributed by atoms with Gasteiger partial charge in [-0.05, 0) is 29.8 Å². The van der Waals surface area contributed by atoms with Gasteiger partial charge in [0.05, 0.1) is 16.4 Å². The van der Waals surface area contributed by atoms with Crippen molar-refractivity contribution in [1.82, 2.24) is 19.7 Å². The highest BCUT2D eigenvalue weighted by atomic mass is 79.9. The zero-order chi connectivity index (χ0) is 12.6. The van der Waals surface area contributed by atoms with E-state index >= 15 is 0 Å². The third-order valence-electron chi connectivity index (χ3n) is 2.41. The lowest BCUT2D eigenvalue weighted by Crippen LogP contribution is -2.06. The summed E-state index contributed by atoms with van der Waals surface area (Å²) in [6.45, 7) is 3.76. The molecule has 1 N–H and O–H groups in total. The van der Waals surface area contributed by atoms with Crippen LogP contribution in [0.3, 0.4) is 0 Å². The first-order valence-corrected chi connectivity index (χ1v) is 6.13. The zero-order valence-corrected chi connectivity index (χ0v) is 12.0. The van der Waals surface area contributed by atoms with E-state index in [-0.39, 0.29) is 0 Å². The molecule has 2 heterocycles.